The van der Waals surface area contributed by atoms with Gasteiger partial charge in [-0.15, -0.1) is 0 Å². The summed E-state index contributed by atoms with van der Waals surface area (Å²) < 4.78 is 5.61. The van der Waals surface area contributed by atoms with Gasteiger partial charge in [0.2, 0.25) is 0 Å². The lowest BCUT2D eigenvalue weighted by atomic mass is 9.89. The predicted molar refractivity (Wildman–Crippen MR) is 98.6 cm³/mol. The van der Waals surface area contributed by atoms with E-state index >= 15 is 0 Å². The van der Waals surface area contributed by atoms with Crippen LogP contribution in [0.25, 0.3) is 0 Å². The number of aryl methyl sites for hydroxylation is 1. The van der Waals surface area contributed by atoms with Crippen LogP contribution in [-0.4, -0.2) is 12.1 Å². The van der Waals surface area contributed by atoms with Crippen molar-refractivity contribution in [2.75, 3.05) is 0 Å². The number of carbonyl (C=O) groups excluding carboxylic acids is 1. The molecular weight excluding hydrogens is 312 g/mol. The molecular formula is C21H24N2O2. The van der Waals surface area contributed by atoms with Crippen LogP contribution in [0.1, 0.15) is 48.5 Å². The minimum absolute atomic E-state index is 0.0598. The molecule has 0 unspecified atom stereocenters. The molecule has 1 aliphatic carbocycles. The molecule has 0 aromatic heterocycles. The van der Waals surface area contributed by atoms with Crippen LogP contribution in [-0.2, 0) is 4.74 Å². The van der Waals surface area contributed by atoms with Gasteiger partial charge in [0.25, 0.3) is 0 Å². The average molecular weight is 336 g/mol. The highest BCUT2D eigenvalue weighted by atomic mass is 16.5. The molecule has 1 saturated carbocycles. The van der Waals surface area contributed by atoms with Crippen molar-refractivity contribution in [1.29, 1.82) is 0 Å². The molecule has 0 amide bonds. The van der Waals surface area contributed by atoms with Gasteiger partial charge in [-0.1, -0.05) is 24.6 Å². The van der Waals surface area contributed by atoms with Gasteiger partial charge in [0.1, 0.15) is 6.10 Å². The first-order valence-electron chi connectivity index (χ1n) is 8.89. The predicted octanol–water partition coefficient (Wildman–Crippen LogP) is 6.15. The molecule has 0 N–H and O–H groups in total. The van der Waals surface area contributed by atoms with Crippen molar-refractivity contribution in [3.05, 3.63) is 59.7 Å². The van der Waals surface area contributed by atoms with Gasteiger partial charge >= 0.3 is 5.97 Å². The molecule has 4 heteroatoms. The van der Waals surface area contributed by atoms with Gasteiger partial charge in [-0.25, -0.2) is 4.79 Å². The van der Waals surface area contributed by atoms with E-state index < -0.39 is 0 Å². The maximum atomic E-state index is 12.2. The van der Waals surface area contributed by atoms with Crippen LogP contribution in [0.15, 0.2) is 58.8 Å². The lowest BCUT2D eigenvalue weighted by molar-refractivity contribution is 0.0174. The Hall–Kier alpha value is -2.49. The summed E-state index contributed by atoms with van der Waals surface area (Å²) in [5, 5.41) is 8.41. The van der Waals surface area contributed by atoms with Crippen molar-refractivity contribution >= 4 is 17.3 Å². The Bertz CT molecular complexity index is 727. The van der Waals surface area contributed by atoms with Crippen molar-refractivity contribution in [2.24, 2.45) is 16.1 Å². The topological polar surface area (TPSA) is 51.0 Å². The third-order valence-electron chi connectivity index (χ3n) is 4.65. The fourth-order valence-corrected chi connectivity index (χ4v) is 2.96. The Balaban J connectivity index is 1.57. The second-order valence-electron chi connectivity index (χ2n) is 6.87. The maximum absolute atomic E-state index is 12.2. The zero-order chi connectivity index (χ0) is 17.6. The molecule has 3 rings (SSSR count). The summed E-state index contributed by atoms with van der Waals surface area (Å²) in [7, 11) is 0. The number of carbonyl (C=O) groups is 1. The van der Waals surface area contributed by atoms with Crippen LogP contribution in [0.3, 0.4) is 0 Å². The highest BCUT2D eigenvalue weighted by Gasteiger charge is 2.22. The standard InChI is InChI=1S/C21H24N2O2/c1-15-3-9-18(10-4-15)22-23-19-11-7-17(8-12-19)21(24)25-20-13-5-16(2)6-14-20/h3-4,7-12,16,20H,5-6,13-14H2,1-2H3. The van der Waals surface area contributed by atoms with E-state index in [2.05, 4.69) is 17.2 Å². The van der Waals surface area contributed by atoms with E-state index in [4.69, 9.17) is 4.74 Å². The van der Waals surface area contributed by atoms with E-state index in [-0.39, 0.29) is 12.1 Å². The van der Waals surface area contributed by atoms with Crippen molar-refractivity contribution in [1.82, 2.24) is 0 Å². The number of ether oxygens (including phenoxy) is 1. The first kappa shape index (κ1) is 17.3. The minimum Gasteiger partial charge on any atom is -0.459 e. The first-order chi connectivity index (χ1) is 12.1. The Morgan fingerprint density at radius 2 is 1.40 bits per heavy atom. The molecule has 2 aromatic carbocycles. The Labute approximate surface area is 148 Å². The molecule has 0 aliphatic heterocycles. The van der Waals surface area contributed by atoms with Crippen molar-refractivity contribution in [3.63, 3.8) is 0 Å². The van der Waals surface area contributed by atoms with Gasteiger partial charge in [-0.05, 0) is 74.9 Å². The summed E-state index contributed by atoms with van der Waals surface area (Å²) in [6, 6.07) is 14.9. The Morgan fingerprint density at radius 3 is 1.96 bits per heavy atom. The summed E-state index contributed by atoms with van der Waals surface area (Å²) in [6.45, 7) is 4.29. The van der Waals surface area contributed by atoms with E-state index in [0.717, 1.165) is 37.3 Å². The fraction of sp³-hybridized carbons (Fsp3) is 0.381. The van der Waals surface area contributed by atoms with Crippen LogP contribution in [0.5, 0.6) is 0 Å². The number of hydrogen-bond donors (Lipinski definition) is 0. The number of hydrogen-bond acceptors (Lipinski definition) is 4. The highest BCUT2D eigenvalue weighted by Crippen LogP contribution is 2.26. The molecule has 0 bridgehead atoms. The van der Waals surface area contributed by atoms with Crippen molar-refractivity contribution in [2.45, 2.75) is 45.6 Å². The maximum Gasteiger partial charge on any atom is 0.338 e. The average Bonchev–Trinajstić information content (AvgIpc) is 2.63. The van der Waals surface area contributed by atoms with Crippen LogP contribution >= 0.6 is 0 Å². The number of azo groups is 1. The van der Waals surface area contributed by atoms with E-state index in [1.807, 2.05) is 31.2 Å². The van der Waals surface area contributed by atoms with Gasteiger partial charge in [0.05, 0.1) is 16.9 Å². The third kappa shape index (κ3) is 4.99. The molecule has 2 aromatic rings. The van der Waals surface area contributed by atoms with Crippen molar-refractivity contribution < 1.29 is 9.53 Å². The van der Waals surface area contributed by atoms with Crippen LogP contribution in [0.2, 0.25) is 0 Å². The fourth-order valence-electron chi connectivity index (χ4n) is 2.96. The van der Waals surface area contributed by atoms with Gasteiger partial charge in [0.15, 0.2) is 0 Å². The molecule has 0 heterocycles. The second-order valence-corrected chi connectivity index (χ2v) is 6.87. The molecule has 1 aliphatic rings. The summed E-state index contributed by atoms with van der Waals surface area (Å²) in [4.78, 5) is 12.2. The third-order valence-corrected chi connectivity index (χ3v) is 4.65. The van der Waals surface area contributed by atoms with Crippen LogP contribution < -0.4 is 0 Å². The Kier molecular flexibility index (Phi) is 5.59. The van der Waals surface area contributed by atoms with Gasteiger partial charge in [-0.2, -0.15) is 10.2 Å². The normalized spacial score (nSPS) is 20.6. The van der Waals surface area contributed by atoms with E-state index in [0.29, 0.717) is 11.3 Å². The highest BCUT2D eigenvalue weighted by molar-refractivity contribution is 5.89. The largest absolute Gasteiger partial charge is 0.459 e. The van der Waals surface area contributed by atoms with Crippen LogP contribution in [0.4, 0.5) is 11.4 Å². The van der Waals surface area contributed by atoms with E-state index in [9.17, 15) is 4.79 Å². The lowest BCUT2D eigenvalue weighted by Gasteiger charge is -2.25. The summed E-state index contributed by atoms with van der Waals surface area (Å²) in [5.74, 6) is 0.495. The second kappa shape index (κ2) is 8.06. The number of esters is 1. The monoisotopic (exact) mass is 336 g/mol. The summed E-state index contributed by atoms with van der Waals surface area (Å²) in [5.41, 5.74) is 3.27. The SMILES string of the molecule is Cc1ccc(N=Nc2ccc(C(=O)OC3CCC(C)CC3)cc2)cc1. The molecule has 1 fully saturated rings. The smallest absolute Gasteiger partial charge is 0.338 e. The van der Waals surface area contributed by atoms with Gasteiger partial charge < -0.3 is 4.74 Å². The molecule has 0 radical (unpaired) electrons. The quantitative estimate of drug-likeness (QED) is 0.497. The summed E-state index contributed by atoms with van der Waals surface area (Å²) >= 11 is 0. The van der Waals surface area contributed by atoms with E-state index in [1.165, 1.54) is 5.56 Å². The molecule has 25 heavy (non-hydrogen) atoms. The number of nitrogens with zero attached hydrogens (tertiary/aromatic N) is 2. The molecule has 0 atom stereocenters. The zero-order valence-corrected chi connectivity index (χ0v) is 14.8. The molecule has 130 valence electrons. The molecule has 0 saturated heterocycles. The van der Waals surface area contributed by atoms with Crippen LogP contribution in [0, 0.1) is 12.8 Å². The zero-order valence-electron chi connectivity index (χ0n) is 14.8. The lowest BCUT2D eigenvalue weighted by Crippen LogP contribution is -2.23. The van der Waals surface area contributed by atoms with Gasteiger partial charge in [-0.3, -0.25) is 0 Å². The van der Waals surface area contributed by atoms with Crippen molar-refractivity contribution in [3.8, 4) is 0 Å². The number of rotatable bonds is 4. The molecule has 4 nitrogen and oxygen atoms in total. The molecule has 0 spiro atoms. The minimum atomic E-state index is -0.249. The summed E-state index contributed by atoms with van der Waals surface area (Å²) in [6.07, 6.45) is 4.27. The van der Waals surface area contributed by atoms with E-state index in [1.54, 1.807) is 24.3 Å². The van der Waals surface area contributed by atoms with Gasteiger partial charge in [0, 0.05) is 0 Å². The number of benzene rings is 2. The first-order valence-corrected chi connectivity index (χ1v) is 8.89. The Morgan fingerprint density at radius 1 is 0.880 bits per heavy atom.